The molecule has 1 aromatic rings. The van der Waals surface area contributed by atoms with Crippen LogP contribution in [0.5, 0.6) is 0 Å². The van der Waals surface area contributed by atoms with Gasteiger partial charge in [0, 0.05) is 18.0 Å². The normalized spacial score (nSPS) is 12.9. The van der Waals surface area contributed by atoms with Crippen LogP contribution in [0.25, 0.3) is 0 Å². The highest BCUT2D eigenvalue weighted by Crippen LogP contribution is 2.17. The molecule has 5 nitrogen and oxygen atoms in total. The summed E-state index contributed by atoms with van der Waals surface area (Å²) in [6, 6.07) is 5.31. The Labute approximate surface area is 118 Å². The number of methoxy groups -OCH3 is 1. The second-order valence-electron chi connectivity index (χ2n) is 4.36. The van der Waals surface area contributed by atoms with Crippen molar-refractivity contribution in [1.29, 1.82) is 0 Å². The molecule has 20 heavy (non-hydrogen) atoms. The third-order valence-electron chi connectivity index (χ3n) is 2.75. The smallest absolute Gasteiger partial charge is 0.305 e. The lowest BCUT2D eigenvalue weighted by Gasteiger charge is -2.15. The number of rotatable bonds is 7. The van der Waals surface area contributed by atoms with E-state index in [0.717, 1.165) is 0 Å². The van der Waals surface area contributed by atoms with Crippen LogP contribution in [-0.4, -0.2) is 27.2 Å². The molecule has 1 rings (SSSR count). The maximum Gasteiger partial charge on any atom is 0.305 e. The number of sulfonamides is 1. The van der Waals surface area contributed by atoms with Crippen molar-refractivity contribution >= 4 is 16.0 Å². The van der Waals surface area contributed by atoms with E-state index in [-0.39, 0.29) is 24.2 Å². The number of benzene rings is 1. The molecule has 0 heterocycles. The summed E-state index contributed by atoms with van der Waals surface area (Å²) in [7, 11) is -2.33. The number of carbonyl (C=O) groups is 1. The summed E-state index contributed by atoms with van der Waals surface area (Å²) < 4.78 is 44.0. The maximum atomic E-state index is 13.5. The number of carbonyl (C=O) groups excluding carboxylic acids is 1. The average molecular weight is 303 g/mol. The summed E-state index contributed by atoms with van der Waals surface area (Å²) >= 11 is 0. The Bertz CT molecular complexity index is 559. The third-order valence-corrected chi connectivity index (χ3v) is 4.29. The molecule has 0 saturated heterocycles. The van der Waals surface area contributed by atoms with Gasteiger partial charge in [0.25, 0.3) is 0 Å². The molecule has 0 fully saturated rings. The molecule has 1 unspecified atom stereocenters. The van der Waals surface area contributed by atoms with E-state index in [2.05, 4.69) is 9.46 Å². The summed E-state index contributed by atoms with van der Waals surface area (Å²) in [6.45, 7) is 1.57. The van der Waals surface area contributed by atoms with Crippen LogP contribution in [0.4, 0.5) is 4.39 Å². The first-order valence-electron chi connectivity index (χ1n) is 6.17. The van der Waals surface area contributed by atoms with Crippen LogP contribution in [0.1, 0.15) is 31.4 Å². The van der Waals surface area contributed by atoms with Gasteiger partial charge in [0.15, 0.2) is 0 Å². The van der Waals surface area contributed by atoms with Gasteiger partial charge in [-0.2, -0.15) is 0 Å². The standard InChI is InChI=1S/C13H18FNO4S/c1-10(11-6-3-4-7-12(11)14)15-20(17,18)9-5-8-13(16)19-2/h3-4,6-7,10,15H,5,8-9H2,1-2H3. The Balaban J connectivity index is 2.58. The summed E-state index contributed by atoms with van der Waals surface area (Å²) in [4.78, 5) is 10.9. The van der Waals surface area contributed by atoms with Gasteiger partial charge in [-0.1, -0.05) is 18.2 Å². The fourth-order valence-electron chi connectivity index (χ4n) is 1.73. The van der Waals surface area contributed by atoms with E-state index >= 15 is 0 Å². The van der Waals surface area contributed by atoms with Crippen LogP contribution in [0, 0.1) is 5.82 Å². The zero-order valence-electron chi connectivity index (χ0n) is 11.4. The SMILES string of the molecule is COC(=O)CCCS(=O)(=O)NC(C)c1ccccc1F. The number of ether oxygens (including phenoxy) is 1. The molecule has 112 valence electrons. The highest BCUT2D eigenvalue weighted by Gasteiger charge is 2.18. The van der Waals surface area contributed by atoms with E-state index in [1.54, 1.807) is 13.0 Å². The molecule has 1 N–H and O–H groups in total. The molecule has 0 aliphatic rings. The molecule has 0 radical (unpaired) electrons. The van der Waals surface area contributed by atoms with E-state index in [9.17, 15) is 17.6 Å². The van der Waals surface area contributed by atoms with Crippen molar-refractivity contribution in [2.24, 2.45) is 0 Å². The van der Waals surface area contributed by atoms with Crippen LogP contribution in [-0.2, 0) is 19.6 Å². The van der Waals surface area contributed by atoms with Gasteiger partial charge in [-0.25, -0.2) is 17.5 Å². The van der Waals surface area contributed by atoms with E-state index in [1.165, 1.54) is 25.3 Å². The summed E-state index contributed by atoms with van der Waals surface area (Å²) in [5, 5.41) is 0. The molecular formula is C13H18FNO4S. The van der Waals surface area contributed by atoms with Crippen LogP contribution in [0.15, 0.2) is 24.3 Å². The first-order chi connectivity index (χ1) is 9.35. The number of hydrogen-bond donors (Lipinski definition) is 1. The predicted octanol–water partition coefficient (Wildman–Crippen LogP) is 1.76. The van der Waals surface area contributed by atoms with E-state index < -0.39 is 27.9 Å². The van der Waals surface area contributed by atoms with Crippen LogP contribution < -0.4 is 4.72 Å². The van der Waals surface area contributed by atoms with Gasteiger partial charge >= 0.3 is 5.97 Å². The minimum absolute atomic E-state index is 0.0332. The van der Waals surface area contributed by atoms with E-state index in [1.807, 2.05) is 0 Å². The second-order valence-corrected chi connectivity index (χ2v) is 6.23. The van der Waals surface area contributed by atoms with Gasteiger partial charge in [0.2, 0.25) is 10.0 Å². The molecule has 0 saturated carbocycles. The first-order valence-corrected chi connectivity index (χ1v) is 7.82. The van der Waals surface area contributed by atoms with Crippen molar-refractivity contribution in [3.63, 3.8) is 0 Å². The molecule has 0 aliphatic carbocycles. The molecule has 0 spiro atoms. The minimum atomic E-state index is -3.57. The van der Waals surface area contributed by atoms with Crippen LogP contribution in [0.2, 0.25) is 0 Å². The fourth-order valence-corrected chi connectivity index (χ4v) is 3.03. The second kappa shape index (κ2) is 7.35. The number of nitrogens with one attached hydrogen (secondary N) is 1. The van der Waals surface area contributed by atoms with Crippen molar-refractivity contribution in [2.75, 3.05) is 12.9 Å². The fraction of sp³-hybridized carbons (Fsp3) is 0.462. The quantitative estimate of drug-likeness (QED) is 0.779. The van der Waals surface area contributed by atoms with Crippen LogP contribution >= 0.6 is 0 Å². The summed E-state index contributed by atoms with van der Waals surface area (Å²) in [5.41, 5.74) is 0.282. The van der Waals surface area contributed by atoms with Gasteiger partial charge in [0.1, 0.15) is 5.82 Å². The van der Waals surface area contributed by atoms with E-state index in [4.69, 9.17) is 0 Å². The topological polar surface area (TPSA) is 72.5 Å². The highest BCUT2D eigenvalue weighted by molar-refractivity contribution is 7.89. The molecule has 1 atom stereocenters. The minimum Gasteiger partial charge on any atom is -0.469 e. The highest BCUT2D eigenvalue weighted by atomic mass is 32.2. The van der Waals surface area contributed by atoms with Crippen LogP contribution in [0.3, 0.4) is 0 Å². The van der Waals surface area contributed by atoms with Gasteiger partial charge in [-0.05, 0) is 19.4 Å². The Kier molecular flexibility index (Phi) is 6.09. The van der Waals surface area contributed by atoms with Crippen molar-refractivity contribution < 1.29 is 22.3 Å². The lowest BCUT2D eigenvalue weighted by Crippen LogP contribution is -2.29. The number of halogens is 1. The van der Waals surface area contributed by atoms with Gasteiger partial charge < -0.3 is 4.74 Å². The van der Waals surface area contributed by atoms with Crippen molar-refractivity contribution in [2.45, 2.75) is 25.8 Å². The molecule has 0 amide bonds. The zero-order valence-corrected chi connectivity index (χ0v) is 12.2. The first kappa shape index (κ1) is 16.6. The lowest BCUT2D eigenvalue weighted by molar-refractivity contribution is -0.140. The largest absolute Gasteiger partial charge is 0.469 e. The molecule has 0 aliphatic heterocycles. The van der Waals surface area contributed by atoms with Gasteiger partial charge in [-0.15, -0.1) is 0 Å². The Morgan fingerprint density at radius 3 is 2.65 bits per heavy atom. The van der Waals surface area contributed by atoms with Crippen molar-refractivity contribution in [1.82, 2.24) is 4.72 Å². The van der Waals surface area contributed by atoms with Gasteiger partial charge in [0.05, 0.1) is 12.9 Å². The predicted molar refractivity (Wildman–Crippen MR) is 73.0 cm³/mol. The van der Waals surface area contributed by atoms with Crippen molar-refractivity contribution in [3.8, 4) is 0 Å². The summed E-state index contributed by atoms with van der Waals surface area (Å²) in [5.74, 6) is -1.12. The van der Waals surface area contributed by atoms with Crippen molar-refractivity contribution in [3.05, 3.63) is 35.6 Å². The Hall–Kier alpha value is -1.47. The molecule has 0 bridgehead atoms. The molecule has 7 heteroatoms. The Morgan fingerprint density at radius 2 is 2.05 bits per heavy atom. The Morgan fingerprint density at radius 1 is 1.40 bits per heavy atom. The number of hydrogen-bond acceptors (Lipinski definition) is 4. The number of esters is 1. The maximum absolute atomic E-state index is 13.5. The summed E-state index contributed by atoms with van der Waals surface area (Å²) in [6.07, 6.45) is 0.192. The monoisotopic (exact) mass is 303 g/mol. The van der Waals surface area contributed by atoms with E-state index in [0.29, 0.717) is 0 Å². The average Bonchev–Trinajstić information content (AvgIpc) is 2.38. The molecular weight excluding hydrogens is 285 g/mol. The zero-order chi connectivity index (χ0) is 15.2. The van der Waals surface area contributed by atoms with Gasteiger partial charge in [-0.3, -0.25) is 4.79 Å². The molecule has 0 aromatic heterocycles. The third kappa shape index (κ3) is 5.26. The lowest BCUT2D eigenvalue weighted by atomic mass is 10.1. The molecule has 1 aromatic carbocycles.